The molecule has 78 valence electrons. The van der Waals surface area contributed by atoms with E-state index < -0.39 is 0 Å². The largest absolute Gasteiger partial charge is 0.354 e. The Morgan fingerprint density at radius 3 is 2.93 bits per heavy atom. The van der Waals surface area contributed by atoms with Gasteiger partial charge in [0.05, 0.1) is 5.69 Å². The van der Waals surface area contributed by atoms with E-state index in [4.69, 9.17) is 0 Å². The number of nitrogens with one attached hydrogen (secondary N) is 2. The fourth-order valence-corrected chi connectivity index (χ4v) is 1.43. The summed E-state index contributed by atoms with van der Waals surface area (Å²) >= 11 is 0. The second-order valence-electron chi connectivity index (χ2n) is 3.25. The number of aryl methyl sites for hydroxylation is 1. The van der Waals surface area contributed by atoms with Crippen LogP contribution in [0.15, 0.2) is 16.9 Å². The zero-order valence-corrected chi connectivity index (χ0v) is 8.66. The van der Waals surface area contributed by atoms with Gasteiger partial charge < -0.3 is 10.3 Å². The Morgan fingerprint density at radius 1 is 1.40 bits per heavy atom. The molecule has 0 unspecified atom stereocenters. The summed E-state index contributed by atoms with van der Waals surface area (Å²) in [6.07, 6.45) is 0. The maximum atomic E-state index is 11.1. The van der Waals surface area contributed by atoms with Crippen molar-refractivity contribution in [3.63, 3.8) is 0 Å². The van der Waals surface area contributed by atoms with Crippen LogP contribution in [0.3, 0.4) is 0 Å². The highest BCUT2D eigenvalue weighted by Crippen LogP contribution is 2.12. The quantitative estimate of drug-likeness (QED) is 0.767. The van der Waals surface area contributed by atoms with E-state index in [9.17, 15) is 4.79 Å². The van der Waals surface area contributed by atoms with E-state index in [1.54, 1.807) is 6.07 Å². The van der Waals surface area contributed by atoms with Gasteiger partial charge in [-0.25, -0.2) is 4.98 Å². The van der Waals surface area contributed by atoms with Crippen LogP contribution in [0.2, 0.25) is 0 Å². The van der Waals surface area contributed by atoms with E-state index in [-0.39, 0.29) is 5.56 Å². The summed E-state index contributed by atoms with van der Waals surface area (Å²) in [6, 6.07) is 3.21. The van der Waals surface area contributed by atoms with Crippen molar-refractivity contribution in [1.82, 2.24) is 15.0 Å². The predicted octanol–water partition coefficient (Wildman–Crippen LogP) is 1.06. The first-order valence-corrected chi connectivity index (χ1v) is 4.82. The number of aromatic nitrogens is 3. The first-order chi connectivity index (χ1) is 7.20. The molecule has 0 amide bonds. The molecule has 15 heavy (non-hydrogen) atoms. The van der Waals surface area contributed by atoms with Crippen LogP contribution < -0.4 is 10.9 Å². The molecule has 2 heterocycles. The third kappa shape index (κ3) is 1.81. The van der Waals surface area contributed by atoms with Crippen LogP contribution in [-0.4, -0.2) is 21.5 Å². The molecule has 5 nitrogen and oxygen atoms in total. The van der Waals surface area contributed by atoms with Crippen LogP contribution >= 0.6 is 0 Å². The lowest BCUT2D eigenvalue weighted by Gasteiger charge is -2.05. The number of nitrogens with zero attached hydrogens (tertiary/aromatic N) is 2. The van der Waals surface area contributed by atoms with Crippen molar-refractivity contribution in [3.05, 3.63) is 28.2 Å². The molecule has 0 aliphatic carbocycles. The summed E-state index contributed by atoms with van der Waals surface area (Å²) in [4.78, 5) is 22.3. The number of aromatic amines is 1. The van der Waals surface area contributed by atoms with Gasteiger partial charge in [-0.3, -0.25) is 4.79 Å². The van der Waals surface area contributed by atoms with Crippen LogP contribution in [0, 0.1) is 6.92 Å². The first kappa shape index (κ1) is 9.64. The van der Waals surface area contributed by atoms with Gasteiger partial charge in [-0.05, 0) is 19.9 Å². The van der Waals surface area contributed by atoms with E-state index in [0.717, 1.165) is 17.6 Å². The molecule has 2 rings (SSSR count). The lowest BCUT2D eigenvalue weighted by atomic mass is 10.2. The topological polar surface area (TPSA) is 70.7 Å². The zero-order valence-electron chi connectivity index (χ0n) is 8.66. The molecule has 5 heteroatoms. The number of anilines is 1. The average Bonchev–Trinajstić information content (AvgIpc) is 2.17. The van der Waals surface area contributed by atoms with Gasteiger partial charge in [0.1, 0.15) is 5.65 Å². The van der Waals surface area contributed by atoms with Gasteiger partial charge in [-0.2, -0.15) is 4.98 Å². The van der Waals surface area contributed by atoms with E-state index >= 15 is 0 Å². The van der Waals surface area contributed by atoms with Crippen LogP contribution in [0.5, 0.6) is 0 Å². The fraction of sp³-hybridized carbons (Fsp3) is 0.300. The molecule has 0 saturated carbocycles. The molecule has 0 bridgehead atoms. The Balaban J connectivity index is 2.68. The van der Waals surface area contributed by atoms with Crippen molar-refractivity contribution in [2.75, 3.05) is 11.9 Å². The van der Waals surface area contributed by atoms with Crippen molar-refractivity contribution in [2.24, 2.45) is 0 Å². The molecule has 0 aliphatic heterocycles. The number of H-pyrrole nitrogens is 1. The zero-order chi connectivity index (χ0) is 10.8. The van der Waals surface area contributed by atoms with Gasteiger partial charge in [-0.1, -0.05) is 0 Å². The normalized spacial score (nSPS) is 10.5. The minimum Gasteiger partial charge on any atom is -0.354 e. The SMILES string of the molecule is CCNc1nc(C)c2ccc(=O)[nH]c2n1. The van der Waals surface area contributed by atoms with Gasteiger partial charge in [-0.15, -0.1) is 0 Å². The smallest absolute Gasteiger partial charge is 0.249 e. The van der Waals surface area contributed by atoms with Gasteiger partial charge >= 0.3 is 0 Å². The molecule has 2 N–H and O–H groups in total. The highest BCUT2D eigenvalue weighted by molar-refractivity contribution is 5.77. The second-order valence-corrected chi connectivity index (χ2v) is 3.25. The van der Waals surface area contributed by atoms with E-state index in [2.05, 4.69) is 20.3 Å². The second kappa shape index (κ2) is 3.68. The average molecular weight is 204 g/mol. The Labute approximate surface area is 86.6 Å². The number of hydrogen-bond acceptors (Lipinski definition) is 4. The van der Waals surface area contributed by atoms with E-state index in [0.29, 0.717) is 11.6 Å². The minimum atomic E-state index is -0.150. The molecule has 0 aromatic carbocycles. The lowest BCUT2D eigenvalue weighted by Crippen LogP contribution is -2.08. The van der Waals surface area contributed by atoms with Gasteiger partial charge in [0.2, 0.25) is 11.5 Å². The van der Waals surface area contributed by atoms with Crippen molar-refractivity contribution >= 4 is 17.0 Å². The van der Waals surface area contributed by atoms with Crippen molar-refractivity contribution in [3.8, 4) is 0 Å². The number of fused-ring (bicyclic) bond motifs is 1. The lowest BCUT2D eigenvalue weighted by molar-refractivity contribution is 1.06. The first-order valence-electron chi connectivity index (χ1n) is 4.82. The van der Waals surface area contributed by atoms with Crippen LogP contribution in [-0.2, 0) is 0 Å². The number of hydrogen-bond donors (Lipinski definition) is 2. The summed E-state index contributed by atoms with van der Waals surface area (Å²) in [5.41, 5.74) is 1.28. The van der Waals surface area contributed by atoms with E-state index in [1.165, 1.54) is 6.07 Å². The van der Waals surface area contributed by atoms with Crippen LogP contribution in [0.25, 0.3) is 11.0 Å². The van der Waals surface area contributed by atoms with Gasteiger partial charge in [0, 0.05) is 18.0 Å². The monoisotopic (exact) mass is 204 g/mol. The van der Waals surface area contributed by atoms with E-state index in [1.807, 2.05) is 13.8 Å². The van der Waals surface area contributed by atoms with Gasteiger partial charge in [0.15, 0.2) is 0 Å². The minimum absolute atomic E-state index is 0.150. The third-order valence-corrected chi connectivity index (χ3v) is 2.11. The molecule has 2 aromatic rings. The molecule has 0 saturated heterocycles. The molecule has 0 spiro atoms. The summed E-state index contributed by atoms with van der Waals surface area (Å²) < 4.78 is 0. The predicted molar refractivity (Wildman–Crippen MR) is 59.1 cm³/mol. The molecule has 0 atom stereocenters. The maximum Gasteiger partial charge on any atom is 0.249 e. The van der Waals surface area contributed by atoms with Crippen molar-refractivity contribution in [1.29, 1.82) is 0 Å². The molecule has 0 radical (unpaired) electrons. The summed E-state index contributed by atoms with van der Waals surface area (Å²) in [6.45, 7) is 4.61. The maximum absolute atomic E-state index is 11.1. The molecule has 0 fully saturated rings. The third-order valence-electron chi connectivity index (χ3n) is 2.11. The molecular weight excluding hydrogens is 192 g/mol. The highest BCUT2D eigenvalue weighted by Gasteiger charge is 2.03. The summed E-state index contributed by atoms with van der Waals surface area (Å²) in [5, 5.41) is 3.89. The number of pyridine rings is 1. The number of rotatable bonds is 2. The molecule has 0 aliphatic rings. The Morgan fingerprint density at radius 2 is 2.20 bits per heavy atom. The Bertz CT molecular complexity index is 547. The van der Waals surface area contributed by atoms with Crippen LogP contribution in [0.4, 0.5) is 5.95 Å². The summed E-state index contributed by atoms with van der Waals surface area (Å²) in [7, 11) is 0. The van der Waals surface area contributed by atoms with Gasteiger partial charge in [0.25, 0.3) is 0 Å². The fourth-order valence-electron chi connectivity index (χ4n) is 1.43. The highest BCUT2D eigenvalue weighted by atomic mass is 16.1. The Kier molecular flexibility index (Phi) is 2.37. The van der Waals surface area contributed by atoms with Crippen LogP contribution in [0.1, 0.15) is 12.6 Å². The van der Waals surface area contributed by atoms with Crippen molar-refractivity contribution in [2.45, 2.75) is 13.8 Å². The molecular formula is C10H12N4O. The Hall–Kier alpha value is -1.91. The molecule has 2 aromatic heterocycles. The standard InChI is InChI=1S/C10H12N4O/c1-3-11-10-12-6(2)7-4-5-8(15)13-9(7)14-10/h4-5H,3H2,1-2H3,(H2,11,12,13,14,15). The van der Waals surface area contributed by atoms with Crippen molar-refractivity contribution < 1.29 is 0 Å². The summed E-state index contributed by atoms with van der Waals surface area (Å²) in [5.74, 6) is 0.546.